The summed E-state index contributed by atoms with van der Waals surface area (Å²) in [4.78, 5) is 27.4. The van der Waals surface area contributed by atoms with E-state index in [0.717, 1.165) is 16.5 Å². The van der Waals surface area contributed by atoms with Crippen molar-refractivity contribution < 1.29 is 14.3 Å². The second-order valence-corrected chi connectivity index (χ2v) is 6.83. The molecule has 3 aromatic rings. The van der Waals surface area contributed by atoms with Crippen molar-refractivity contribution in [3.8, 4) is 0 Å². The summed E-state index contributed by atoms with van der Waals surface area (Å²) in [7, 11) is 0. The van der Waals surface area contributed by atoms with Gasteiger partial charge in [0.15, 0.2) is 0 Å². The third-order valence-corrected chi connectivity index (χ3v) is 4.72. The molecule has 0 unspecified atom stereocenters. The SMILES string of the molecule is CC(C)[C@H]1C(=O)n2c(cc3ccccc32)N1C(=O)OCc1ccccc1. The quantitative estimate of drug-likeness (QED) is 0.702. The molecule has 1 atom stereocenters. The fourth-order valence-corrected chi connectivity index (χ4v) is 3.51. The van der Waals surface area contributed by atoms with Gasteiger partial charge in [-0.1, -0.05) is 62.4 Å². The number of aromatic nitrogens is 1. The molecule has 0 aliphatic carbocycles. The number of hydrogen-bond donors (Lipinski definition) is 0. The summed E-state index contributed by atoms with van der Waals surface area (Å²) in [5, 5.41) is 0.930. The predicted molar refractivity (Wildman–Crippen MR) is 100 cm³/mol. The summed E-state index contributed by atoms with van der Waals surface area (Å²) in [6.45, 7) is 4.05. The van der Waals surface area contributed by atoms with Crippen molar-refractivity contribution in [2.24, 2.45) is 5.92 Å². The predicted octanol–water partition coefficient (Wildman–Crippen LogP) is 4.46. The number of ether oxygens (including phenoxy) is 1. The van der Waals surface area contributed by atoms with Crippen LogP contribution in [0.3, 0.4) is 0 Å². The minimum atomic E-state index is -0.558. The van der Waals surface area contributed by atoms with Crippen LogP contribution in [0.2, 0.25) is 0 Å². The Kier molecular flexibility index (Phi) is 3.99. The number of rotatable bonds is 3. The van der Waals surface area contributed by atoms with E-state index in [-0.39, 0.29) is 18.4 Å². The van der Waals surface area contributed by atoms with E-state index in [1.807, 2.05) is 74.5 Å². The number of fused-ring (bicyclic) bond motifs is 3. The maximum atomic E-state index is 13.0. The van der Waals surface area contributed by atoms with E-state index < -0.39 is 12.1 Å². The third-order valence-electron chi connectivity index (χ3n) is 4.72. The second kappa shape index (κ2) is 6.33. The zero-order valence-electron chi connectivity index (χ0n) is 14.8. The fraction of sp³-hybridized carbons (Fsp3) is 0.238. The first-order chi connectivity index (χ1) is 12.6. The number of amides is 1. The minimum Gasteiger partial charge on any atom is -0.444 e. The monoisotopic (exact) mass is 348 g/mol. The number of carbonyl (C=O) groups excluding carboxylic acids is 2. The van der Waals surface area contributed by atoms with E-state index in [9.17, 15) is 9.59 Å². The Morgan fingerprint density at radius 1 is 1.08 bits per heavy atom. The molecule has 4 rings (SSSR count). The molecule has 0 radical (unpaired) electrons. The molecule has 0 saturated heterocycles. The van der Waals surface area contributed by atoms with Crippen LogP contribution >= 0.6 is 0 Å². The number of para-hydroxylation sites is 1. The summed E-state index contributed by atoms with van der Waals surface area (Å²) >= 11 is 0. The fourth-order valence-electron chi connectivity index (χ4n) is 3.51. The lowest BCUT2D eigenvalue weighted by Gasteiger charge is -2.24. The Labute approximate surface area is 151 Å². The molecule has 1 aliphatic rings. The van der Waals surface area contributed by atoms with Crippen LogP contribution in [0.1, 0.15) is 24.2 Å². The molecule has 26 heavy (non-hydrogen) atoms. The lowest BCUT2D eigenvalue weighted by Crippen LogP contribution is -2.44. The van der Waals surface area contributed by atoms with Crippen LogP contribution in [-0.4, -0.2) is 22.6 Å². The first-order valence-corrected chi connectivity index (χ1v) is 8.72. The van der Waals surface area contributed by atoms with Crippen molar-refractivity contribution in [1.82, 2.24) is 4.57 Å². The molecule has 2 heterocycles. The Bertz CT molecular complexity index is 975. The average molecular weight is 348 g/mol. The zero-order valence-corrected chi connectivity index (χ0v) is 14.8. The van der Waals surface area contributed by atoms with Crippen molar-refractivity contribution in [2.75, 3.05) is 4.90 Å². The van der Waals surface area contributed by atoms with Gasteiger partial charge in [0.2, 0.25) is 0 Å². The van der Waals surface area contributed by atoms with E-state index in [1.165, 1.54) is 4.90 Å². The van der Waals surface area contributed by atoms with Crippen molar-refractivity contribution in [3.63, 3.8) is 0 Å². The van der Waals surface area contributed by atoms with Gasteiger partial charge in [0.05, 0.1) is 5.52 Å². The Hall–Kier alpha value is -3.08. The highest BCUT2D eigenvalue weighted by Gasteiger charge is 2.44. The lowest BCUT2D eigenvalue weighted by molar-refractivity contribution is 0.0874. The summed E-state index contributed by atoms with van der Waals surface area (Å²) in [5.74, 6) is 0.464. The van der Waals surface area contributed by atoms with Gasteiger partial charge in [-0.15, -0.1) is 0 Å². The molecule has 0 N–H and O–H groups in total. The molecule has 0 spiro atoms. The molecule has 5 heteroatoms. The van der Waals surface area contributed by atoms with Gasteiger partial charge in [-0.3, -0.25) is 9.36 Å². The molecule has 5 nitrogen and oxygen atoms in total. The second-order valence-electron chi connectivity index (χ2n) is 6.83. The van der Waals surface area contributed by atoms with Crippen molar-refractivity contribution in [3.05, 3.63) is 66.2 Å². The molecule has 0 saturated carbocycles. The van der Waals surface area contributed by atoms with Gasteiger partial charge in [0.25, 0.3) is 5.91 Å². The average Bonchev–Trinajstić information content (AvgIpc) is 3.15. The van der Waals surface area contributed by atoms with E-state index in [2.05, 4.69) is 0 Å². The number of hydrogen-bond acceptors (Lipinski definition) is 3. The molecular weight excluding hydrogens is 328 g/mol. The van der Waals surface area contributed by atoms with Gasteiger partial charge in [-0.25, -0.2) is 9.69 Å². The first kappa shape index (κ1) is 16.4. The normalized spacial score (nSPS) is 16.3. The number of carbonyl (C=O) groups is 2. The molecule has 1 amide bonds. The van der Waals surface area contributed by atoms with Crippen molar-refractivity contribution in [1.29, 1.82) is 0 Å². The van der Waals surface area contributed by atoms with Crippen LogP contribution in [0.15, 0.2) is 60.7 Å². The van der Waals surface area contributed by atoms with Crippen LogP contribution in [0.25, 0.3) is 10.9 Å². The Morgan fingerprint density at radius 3 is 2.50 bits per heavy atom. The highest BCUT2D eigenvalue weighted by atomic mass is 16.6. The molecule has 1 aromatic heterocycles. The first-order valence-electron chi connectivity index (χ1n) is 8.72. The topological polar surface area (TPSA) is 51.5 Å². The summed E-state index contributed by atoms with van der Waals surface area (Å²) < 4.78 is 7.14. The summed E-state index contributed by atoms with van der Waals surface area (Å²) in [6.07, 6.45) is -0.498. The van der Waals surface area contributed by atoms with E-state index in [1.54, 1.807) is 4.57 Å². The molecule has 0 bridgehead atoms. The molecule has 1 aliphatic heterocycles. The van der Waals surface area contributed by atoms with E-state index >= 15 is 0 Å². The smallest absolute Gasteiger partial charge is 0.416 e. The Morgan fingerprint density at radius 2 is 1.77 bits per heavy atom. The highest BCUT2D eigenvalue weighted by molar-refractivity contribution is 6.11. The number of benzene rings is 2. The minimum absolute atomic E-state index is 0.0227. The highest BCUT2D eigenvalue weighted by Crippen LogP contribution is 2.36. The standard InChI is InChI=1S/C21H20N2O3/c1-14(2)19-20(24)22-17-11-7-6-10-16(17)12-18(22)23(19)21(25)26-13-15-8-4-3-5-9-15/h3-12,14,19H,13H2,1-2H3/t19-/m0/s1. The molecular formula is C21H20N2O3. The van der Waals surface area contributed by atoms with Gasteiger partial charge in [0, 0.05) is 5.39 Å². The number of anilines is 1. The summed E-state index contributed by atoms with van der Waals surface area (Å²) in [5.41, 5.74) is 1.73. The van der Waals surface area contributed by atoms with Gasteiger partial charge < -0.3 is 4.74 Å². The summed E-state index contributed by atoms with van der Waals surface area (Å²) in [6, 6.07) is 18.5. The van der Waals surface area contributed by atoms with Crippen LogP contribution in [-0.2, 0) is 11.3 Å². The number of nitrogens with zero attached hydrogens (tertiary/aromatic N) is 2. The maximum Gasteiger partial charge on any atom is 0.416 e. The van der Waals surface area contributed by atoms with Crippen molar-refractivity contribution >= 4 is 28.7 Å². The largest absolute Gasteiger partial charge is 0.444 e. The van der Waals surface area contributed by atoms with Crippen LogP contribution in [0.5, 0.6) is 0 Å². The van der Waals surface area contributed by atoms with Gasteiger partial charge >= 0.3 is 6.09 Å². The van der Waals surface area contributed by atoms with Gasteiger partial charge in [-0.05, 0) is 23.6 Å². The molecule has 132 valence electrons. The van der Waals surface area contributed by atoms with Crippen molar-refractivity contribution in [2.45, 2.75) is 26.5 Å². The van der Waals surface area contributed by atoms with Gasteiger partial charge in [-0.2, -0.15) is 0 Å². The van der Waals surface area contributed by atoms with Crippen LogP contribution < -0.4 is 4.90 Å². The van der Waals surface area contributed by atoms with Crippen LogP contribution in [0.4, 0.5) is 10.6 Å². The molecule has 2 aromatic carbocycles. The maximum absolute atomic E-state index is 13.0. The Balaban J connectivity index is 1.69. The van der Waals surface area contributed by atoms with Crippen LogP contribution in [0, 0.1) is 5.92 Å². The third kappa shape index (κ3) is 2.56. The lowest BCUT2D eigenvalue weighted by atomic mass is 10.0. The van der Waals surface area contributed by atoms with Gasteiger partial charge in [0.1, 0.15) is 18.5 Å². The zero-order chi connectivity index (χ0) is 18.3. The van der Waals surface area contributed by atoms with E-state index in [0.29, 0.717) is 5.82 Å². The van der Waals surface area contributed by atoms with E-state index in [4.69, 9.17) is 4.74 Å². The molecule has 0 fully saturated rings.